The van der Waals surface area contributed by atoms with Crippen LogP contribution in [0.2, 0.25) is 20.1 Å². The summed E-state index contributed by atoms with van der Waals surface area (Å²) in [6.07, 6.45) is 0.534. The van der Waals surface area contributed by atoms with Gasteiger partial charge in [0.2, 0.25) is 0 Å². The highest BCUT2D eigenvalue weighted by Gasteiger charge is 2.33. The summed E-state index contributed by atoms with van der Waals surface area (Å²) in [5.74, 6) is 4.09. The van der Waals surface area contributed by atoms with Gasteiger partial charge in [-0.3, -0.25) is 0 Å². The first kappa shape index (κ1) is 57.8. The minimum absolute atomic E-state index is 0.254. The lowest BCUT2D eigenvalue weighted by molar-refractivity contribution is 0.274. The molecule has 14 nitrogen and oxygen atoms in total. The number of methoxy groups -OCH3 is 8. The number of aromatic amines is 4. The molecular weight excluding hydrogens is 1170 g/mol. The number of hydrogen-bond acceptors (Lipinski definition) is 10. The molecule has 4 heterocycles. The van der Waals surface area contributed by atoms with E-state index in [-0.39, 0.29) is 26.1 Å². The van der Waals surface area contributed by atoms with Crippen molar-refractivity contribution in [2.45, 2.75) is 26.1 Å². The molecule has 0 bridgehead atoms. The molecule has 4 aromatic heterocycles. The number of nitrogens with one attached hydrogen (secondary N) is 4. The molecule has 0 aliphatic rings. The minimum Gasteiger partial charge on any atom is -0.496 e. The second kappa shape index (κ2) is 23.7. The number of halogens is 4. The van der Waals surface area contributed by atoms with Gasteiger partial charge in [0.25, 0.3) is 0 Å². The molecule has 86 heavy (non-hydrogen) atoms. The van der Waals surface area contributed by atoms with Gasteiger partial charge in [0, 0.05) is 113 Å². The van der Waals surface area contributed by atoms with Crippen LogP contribution in [0.1, 0.15) is 33.8 Å². The summed E-state index contributed by atoms with van der Waals surface area (Å²) in [4.78, 5) is 15.4. The predicted molar refractivity (Wildman–Crippen MR) is 344 cm³/mol. The number of fused-ring (bicyclic) bond motifs is 4. The number of ether oxygens (including phenoxy) is 8. The van der Waals surface area contributed by atoms with E-state index in [0.29, 0.717) is 111 Å². The van der Waals surface area contributed by atoms with E-state index in [9.17, 15) is 10.2 Å². The van der Waals surface area contributed by atoms with Crippen LogP contribution < -0.4 is 37.9 Å². The van der Waals surface area contributed by atoms with Gasteiger partial charge < -0.3 is 68.0 Å². The van der Waals surface area contributed by atoms with Crippen molar-refractivity contribution in [1.82, 2.24) is 19.9 Å². The fraction of sp³-hybridized carbons (Fsp3) is 0.176. The summed E-state index contributed by atoms with van der Waals surface area (Å²) >= 11 is 26.5. The van der Waals surface area contributed by atoms with Gasteiger partial charge in [0.1, 0.15) is 46.0 Å². The summed E-state index contributed by atoms with van der Waals surface area (Å²) in [7, 11) is 12.9. The van der Waals surface area contributed by atoms with Gasteiger partial charge >= 0.3 is 0 Å². The first-order valence-corrected chi connectivity index (χ1v) is 28.8. The molecule has 0 fully saturated rings. The third-order valence-corrected chi connectivity index (χ3v) is 17.1. The Morgan fingerprint density at radius 1 is 0.302 bits per heavy atom. The topological polar surface area (TPSA) is 177 Å². The van der Waals surface area contributed by atoms with E-state index in [1.807, 2.05) is 109 Å². The SMILES string of the molecule is COc1cc(OC)c2c(-c3ccc(Cl)cc3)c(Cc3[nH]c4c(-c5[nH]c6c(Cc7[nH]c8c(CO)c(OC)cc(OC)c8c7-c7ccc(Cl)cc7)c(OC)cc(OC)c6c5-c5ccc(Cl)cc5)c(OC)cc(OC)c4c3-c3ccc(Cl)cc3)[nH]c2c1CO. The van der Waals surface area contributed by atoms with Crippen molar-refractivity contribution >= 4 is 90.0 Å². The highest BCUT2D eigenvalue weighted by Crippen LogP contribution is 2.55. The van der Waals surface area contributed by atoms with Gasteiger partial charge in [-0.15, -0.1) is 0 Å². The zero-order valence-corrected chi connectivity index (χ0v) is 51.1. The Morgan fingerprint density at radius 2 is 0.581 bits per heavy atom. The maximum absolute atomic E-state index is 11.0. The molecule has 0 atom stereocenters. The Bertz CT molecular complexity index is 4570. The smallest absolute Gasteiger partial charge is 0.134 e. The van der Waals surface area contributed by atoms with E-state index < -0.39 is 0 Å². The lowest BCUT2D eigenvalue weighted by atomic mass is 9.92. The van der Waals surface area contributed by atoms with E-state index in [2.05, 4.69) is 19.9 Å². The van der Waals surface area contributed by atoms with E-state index in [1.165, 1.54) is 0 Å². The van der Waals surface area contributed by atoms with Crippen LogP contribution in [-0.4, -0.2) is 87.0 Å². The van der Waals surface area contributed by atoms with Gasteiger partial charge in [-0.25, -0.2) is 0 Å². The maximum Gasteiger partial charge on any atom is 0.134 e. The Balaban J connectivity index is 1.19. The number of aliphatic hydroxyl groups is 2. The second-order valence-electron chi connectivity index (χ2n) is 20.4. The lowest BCUT2D eigenvalue weighted by Gasteiger charge is -2.16. The summed E-state index contributed by atoms with van der Waals surface area (Å²) in [5, 5.41) is 27.2. The van der Waals surface area contributed by atoms with E-state index >= 15 is 0 Å². The lowest BCUT2D eigenvalue weighted by Crippen LogP contribution is -1.99. The molecule has 0 spiro atoms. The quantitative estimate of drug-likeness (QED) is 0.0457. The molecule has 0 aliphatic carbocycles. The van der Waals surface area contributed by atoms with Crippen molar-refractivity contribution in [3.8, 4) is 102 Å². The Kier molecular flexibility index (Phi) is 15.9. The molecule has 0 amide bonds. The average molecular weight is 1230 g/mol. The molecule has 6 N–H and O–H groups in total. The minimum atomic E-state index is -0.317. The zero-order valence-electron chi connectivity index (χ0n) is 48.0. The van der Waals surface area contributed by atoms with Crippen LogP contribution in [0.25, 0.3) is 99.4 Å². The Morgan fingerprint density at radius 3 is 0.930 bits per heavy atom. The molecule has 0 radical (unpaired) electrons. The molecular formula is C68H58Cl4N4O10. The fourth-order valence-electron chi connectivity index (χ4n) is 12.3. The van der Waals surface area contributed by atoms with E-state index in [1.54, 1.807) is 69.0 Å². The van der Waals surface area contributed by atoms with Gasteiger partial charge in [0.05, 0.1) is 125 Å². The number of benzene rings is 8. The van der Waals surface area contributed by atoms with Crippen LogP contribution >= 0.6 is 46.4 Å². The van der Waals surface area contributed by atoms with Crippen LogP contribution in [-0.2, 0) is 26.1 Å². The molecule has 18 heteroatoms. The third-order valence-electron chi connectivity index (χ3n) is 16.1. The van der Waals surface area contributed by atoms with Crippen LogP contribution in [0.15, 0.2) is 121 Å². The van der Waals surface area contributed by atoms with Crippen LogP contribution in [0, 0.1) is 0 Å². The summed E-state index contributed by atoms with van der Waals surface area (Å²) in [6.45, 7) is -0.631. The summed E-state index contributed by atoms with van der Waals surface area (Å²) in [6, 6.07) is 38.0. The van der Waals surface area contributed by atoms with Crippen molar-refractivity contribution in [3.05, 3.63) is 175 Å². The van der Waals surface area contributed by atoms with Crippen molar-refractivity contribution in [3.63, 3.8) is 0 Å². The van der Waals surface area contributed by atoms with Crippen molar-refractivity contribution in [2.24, 2.45) is 0 Å². The molecule has 0 saturated heterocycles. The number of aliphatic hydroxyl groups excluding tert-OH is 2. The highest BCUT2D eigenvalue weighted by atomic mass is 35.5. The van der Waals surface area contributed by atoms with Crippen LogP contribution in [0.5, 0.6) is 46.0 Å². The van der Waals surface area contributed by atoms with Crippen LogP contribution in [0.4, 0.5) is 0 Å². The molecule has 0 unspecified atom stereocenters. The summed E-state index contributed by atoms with van der Waals surface area (Å²) < 4.78 is 49.5. The maximum atomic E-state index is 11.0. The number of hydrogen-bond donors (Lipinski definition) is 6. The van der Waals surface area contributed by atoms with Crippen molar-refractivity contribution < 1.29 is 48.1 Å². The van der Waals surface area contributed by atoms with Crippen LogP contribution in [0.3, 0.4) is 0 Å². The van der Waals surface area contributed by atoms with Gasteiger partial charge in [0.15, 0.2) is 0 Å². The normalized spacial score (nSPS) is 11.6. The number of H-pyrrole nitrogens is 4. The Hall–Kier alpha value is -8.60. The number of aromatic nitrogens is 4. The largest absolute Gasteiger partial charge is 0.496 e. The third kappa shape index (κ3) is 9.70. The molecule has 0 saturated carbocycles. The van der Waals surface area contributed by atoms with Crippen molar-refractivity contribution in [1.29, 1.82) is 0 Å². The highest BCUT2D eigenvalue weighted by molar-refractivity contribution is 6.32. The molecule has 12 aromatic rings. The molecule has 438 valence electrons. The first-order chi connectivity index (χ1) is 41.8. The molecule has 12 rings (SSSR count). The van der Waals surface area contributed by atoms with Gasteiger partial charge in [-0.1, -0.05) is 94.9 Å². The second-order valence-corrected chi connectivity index (χ2v) is 22.2. The standard InChI is InChI=1S/C68H58Cl4N4O10/c1-79-47-27-52(84-6)62-58(36-15-23-40(72)24-16-36)67(76-64(62)41(47)25-44-55(33-9-17-37(69)18-10-33)59-50(82-4)28-48(80-2)42(31-77)65(59)73-44)63-54(86-8)30-53(85-7)61-57(35-13-21-39(71)22-14-35)46(75-68(61)63)26-45-56(34-11-19-38(70)20-12-34)60-51(83-5)29-49(81-3)43(32-78)66(60)74-45/h9-24,27-30,73-78H,25-26,31-32H2,1-8H3. The zero-order chi connectivity index (χ0) is 60.2. The van der Waals surface area contributed by atoms with E-state index in [4.69, 9.17) is 84.3 Å². The van der Waals surface area contributed by atoms with Gasteiger partial charge in [-0.2, -0.15) is 0 Å². The Labute approximate surface area is 514 Å². The van der Waals surface area contributed by atoms with Gasteiger partial charge in [-0.05, 0) is 70.8 Å². The summed E-state index contributed by atoms with van der Waals surface area (Å²) in [5.41, 5.74) is 14.9. The predicted octanol–water partition coefficient (Wildman–Crippen LogP) is 16.8. The fourth-order valence-corrected chi connectivity index (χ4v) is 12.8. The molecule has 8 aromatic carbocycles. The molecule has 0 aliphatic heterocycles. The van der Waals surface area contributed by atoms with Crippen molar-refractivity contribution in [2.75, 3.05) is 56.9 Å². The van der Waals surface area contributed by atoms with E-state index in [0.717, 1.165) is 88.7 Å². The monoisotopic (exact) mass is 1230 g/mol. The number of rotatable bonds is 19. The average Bonchev–Trinajstić information content (AvgIpc) is 1.78. The first-order valence-electron chi connectivity index (χ1n) is 27.3.